The van der Waals surface area contributed by atoms with E-state index in [1.165, 1.54) is 7.11 Å². The lowest BCUT2D eigenvalue weighted by Gasteiger charge is -2.11. The van der Waals surface area contributed by atoms with Gasteiger partial charge in [0.15, 0.2) is 6.04 Å². The van der Waals surface area contributed by atoms with Crippen molar-refractivity contribution < 1.29 is 14.6 Å². The van der Waals surface area contributed by atoms with Crippen molar-refractivity contribution in [3.63, 3.8) is 0 Å². The Bertz CT molecular complexity index is 1420. The van der Waals surface area contributed by atoms with Gasteiger partial charge in [0, 0.05) is 29.7 Å². The number of hydrogen-bond acceptors (Lipinski definition) is 6. The summed E-state index contributed by atoms with van der Waals surface area (Å²) >= 11 is 0. The van der Waals surface area contributed by atoms with Crippen LogP contribution in [0.15, 0.2) is 75.4 Å². The molecule has 0 amide bonds. The van der Waals surface area contributed by atoms with E-state index >= 15 is 0 Å². The second kappa shape index (κ2) is 8.76. The Kier molecular flexibility index (Phi) is 5.71. The SMILES string of the molecule is COC(=O)[C@@H](Cc1c[nH]c2ccccc12)N=Cc1c(O)n(-c2ccccc2)c(=O)[nH]c1=O. The molecule has 162 valence electrons. The number of methoxy groups -OCH3 is 1. The average molecular weight is 432 g/mol. The minimum Gasteiger partial charge on any atom is -0.493 e. The number of rotatable bonds is 6. The molecule has 0 aliphatic rings. The summed E-state index contributed by atoms with van der Waals surface area (Å²) in [5.41, 5.74) is 0.267. The van der Waals surface area contributed by atoms with E-state index in [0.717, 1.165) is 27.2 Å². The summed E-state index contributed by atoms with van der Waals surface area (Å²) in [4.78, 5) is 46.5. The Hall–Kier alpha value is -4.40. The van der Waals surface area contributed by atoms with E-state index in [1.54, 1.807) is 36.5 Å². The predicted molar refractivity (Wildman–Crippen MR) is 120 cm³/mol. The summed E-state index contributed by atoms with van der Waals surface area (Å²) in [5, 5.41) is 11.6. The number of fused-ring (bicyclic) bond motifs is 1. The van der Waals surface area contributed by atoms with Crippen molar-refractivity contribution in [3.05, 3.63) is 92.8 Å². The van der Waals surface area contributed by atoms with E-state index in [9.17, 15) is 19.5 Å². The number of para-hydroxylation sites is 2. The van der Waals surface area contributed by atoms with Gasteiger partial charge in [-0.15, -0.1) is 0 Å². The van der Waals surface area contributed by atoms with Crippen LogP contribution in [0.3, 0.4) is 0 Å². The summed E-state index contributed by atoms with van der Waals surface area (Å²) < 4.78 is 5.82. The van der Waals surface area contributed by atoms with E-state index in [4.69, 9.17) is 4.74 Å². The Labute approximate surface area is 181 Å². The monoisotopic (exact) mass is 432 g/mol. The molecule has 9 heteroatoms. The first kappa shape index (κ1) is 20.9. The minimum atomic E-state index is -0.963. The molecular formula is C23H20N4O5. The summed E-state index contributed by atoms with van der Waals surface area (Å²) in [6.45, 7) is 0. The second-order valence-corrected chi connectivity index (χ2v) is 7.05. The first-order chi connectivity index (χ1) is 15.5. The summed E-state index contributed by atoms with van der Waals surface area (Å²) in [5.74, 6) is -1.18. The molecular weight excluding hydrogens is 412 g/mol. The molecule has 2 aromatic heterocycles. The number of aromatic nitrogens is 3. The third kappa shape index (κ3) is 3.95. The van der Waals surface area contributed by atoms with Gasteiger partial charge in [-0.05, 0) is 23.8 Å². The molecule has 0 saturated heterocycles. The van der Waals surface area contributed by atoms with Crippen molar-refractivity contribution in [2.75, 3.05) is 7.11 Å². The maximum atomic E-state index is 12.4. The number of esters is 1. The molecule has 1 atom stereocenters. The molecule has 2 heterocycles. The number of nitrogens with one attached hydrogen (secondary N) is 2. The molecule has 0 aliphatic heterocycles. The van der Waals surface area contributed by atoms with Gasteiger partial charge in [0.05, 0.1) is 12.8 Å². The van der Waals surface area contributed by atoms with Crippen LogP contribution >= 0.6 is 0 Å². The molecule has 0 spiro atoms. The zero-order chi connectivity index (χ0) is 22.7. The lowest BCUT2D eigenvalue weighted by Crippen LogP contribution is -2.31. The van der Waals surface area contributed by atoms with Gasteiger partial charge in [-0.2, -0.15) is 0 Å². The average Bonchev–Trinajstić information content (AvgIpc) is 3.21. The number of carbonyl (C=O) groups excluding carboxylic acids is 1. The Balaban J connectivity index is 1.73. The van der Waals surface area contributed by atoms with Crippen molar-refractivity contribution in [1.82, 2.24) is 14.5 Å². The fourth-order valence-corrected chi connectivity index (χ4v) is 3.48. The molecule has 0 bridgehead atoms. The minimum absolute atomic E-state index is 0.212. The van der Waals surface area contributed by atoms with Crippen molar-refractivity contribution in [2.45, 2.75) is 12.5 Å². The Morgan fingerprint density at radius 2 is 1.88 bits per heavy atom. The highest BCUT2D eigenvalue weighted by Crippen LogP contribution is 2.21. The first-order valence-corrected chi connectivity index (χ1v) is 9.79. The smallest absolute Gasteiger partial charge is 0.335 e. The number of H-pyrrole nitrogens is 2. The Morgan fingerprint density at radius 3 is 2.62 bits per heavy atom. The van der Waals surface area contributed by atoms with Crippen LogP contribution in [0.25, 0.3) is 16.6 Å². The van der Waals surface area contributed by atoms with Crippen LogP contribution in [0, 0.1) is 0 Å². The zero-order valence-corrected chi connectivity index (χ0v) is 17.1. The molecule has 3 N–H and O–H groups in total. The number of aliphatic imine (C=N–C) groups is 1. The van der Waals surface area contributed by atoms with E-state index in [-0.39, 0.29) is 12.0 Å². The molecule has 0 fully saturated rings. The van der Waals surface area contributed by atoms with Crippen molar-refractivity contribution in [3.8, 4) is 11.6 Å². The van der Waals surface area contributed by atoms with Gasteiger partial charge in [0.2, 0.25) is 5.88 Å². The van der Waals surface area contributed by atoms with Gasteiger partial charge in [0.25, 0.3) is 5.56 Å². The molecule has 0 radical (unpaired) electrons. The third-order valence-electron chi connectivity index (χ3n) is 5.08. The van der Waals surface area contributed by atoms with E-state index in [0.29, 0.717) is 5.69 Å². The van der Waals surface area contributed by atoms with Crippen LogP contribution in [-0.4, -0.2) is 45.0 Å². The van der Waals surface area contributed by atoms with E-state index in [1.807, 2.05) is 24.3 Å². The van der Waals surface area contributed by atoms with Gasteiger partial charge < -0.3 is 14.8 Å². The molecule has 0 aliphatic carbocycles. The quantitative estimate of drug-likeness (QED) is 0.317. The topological polar surface area (TPSA) is 130 Å². The lowest BCUT2D eigenvalue weighted by atomic mass is 10.1. The number of carbonyl (C=O) groups is 1. The van der Waals surface area contributed by atoms with Crippen molar-refractivity contribution in [2.24, 2.45) is 4.99 Å². The van der Waals surface area contributed by atoms with Crippen LogP contribution < -0.4 is 11.2 Å². The summed E-state index contributed by atoms with van der Waals surface area (Å²) in [7, 11) is 1.25. The van der Waals surface area contributed by atoms with Gasteiger partial charge in [-0.25, -0.2) is 14.2 Å². The molecule has 4 aromatic rings. The number of nitrogens with zero attached hydrogens (tertiary/aromatic N) is 2. The zero-order valence-electron chi connectivity index (χ0n) is 17.1. The van der Waals surface area contributed by atoms with E-state index < -0.39 is 29.1 Å². The number of benzene rings is 2. The van der Waals surface area contributed by atoms with Crippen LogP contribution in [-0.2, 0) is 16.0 Å². The lowest BCUT2D eigenvalue weighted by molar-refractivity contribution is -0.142. The summed E-state index contributed by atoms with van der Waals surface area (Å²) in [6.07, 6.45) is 3.09. The maximum Gasteiger partial charge on any atom is 0.335 e. The number of hydrogen-bond donors (Lipinski definition) is 3. The van der Waals surface area contributed by atoms with Crippen molar-refractivity contribution >= 4 is 23.1 Å². The molecule has 32 heavy (non-hydrogen) atoms. The number of aromatic hydroxyl groups is 1. The van der Waals surface area contributed by atoms with Gasteiger partial charge >= 0.3 is 11.7 Å². The van der Waals surface area contributed by atoms with Gasteiger partial charge in [0.1, 0.15) is 5.56 Å². The van der Waals surface area contributed by atoms with Crippen LogP contribution in [0.5, 0.6) is 5.88 Å². The fourth-order valence-electron chi connectivity index (χ4n) is 3.48. The third-order valence-corrected chi connectivity index (χ3v) is 5.08. The van der Waals surface area contributed by atoms with Crippen LogP contribution in [0.4, 0.5) is 0 Å². The summed E-state index contributed by atoms with van der Waals surface area (Å²) in [6, 6.07) is 15.0. The maximum absolute atomic E-state index is 12.4. The largest absolute Gasteiger partial charge is 0.493 e. The molecule has 4 rings (SSSR count). The first-order valence-electron chi connectivity index (χ1n) is 9.79. The van der Waals surface area contributed by atoms with Gasteiger partial charge in [-0.3, -0.25) is 14.8 Å². The number of aromatic amines is 2. The molecule has 9 nitrogen and oxygen atoms in total. The normalized spacial score (nSPS) is 12.3. The molecule has 0 saturated carbocycles. The molecule has 2 aromatic carbocycles. The van der Waals surface area contributed by atoms with Crippen molar-refractivity contribution in [1.29, 1.82) is 0 Å². The molecule has 0 unspecified atom stereocenters. The standard InChI is InChI=1S/C23H20N4O5/c1-32-22(30)19(11-14-12-24-18-10-6-5-9-16(14)18)25-13-17-20(28)26-23(31)27(21(17)29)15-7-3-2-4-8-15/h2-10,12-13,19,24,29H,11H2,1H3,(H,26,28,31)/t19-/m1/s1. The van der Waals surface area contributed by atoms with E-state index in [2.05, 4.69) is 15.0 Å². The van der Waals surface area contributed by atoms with Crippen LogP contribution in [0.1, 0.15) is 11.1 Å². The van der Waals surface area contributed by atoms with Crippen LogP contribution in [0.2, 0.25) is 0 Å². The second-order valence-electron chi connectivity index (χ2n) is 7.05. The Morgan fingerprint density at radius 1 is 1.16 bits per heavy atom. The van der Waals surface area contributed by atoms with Gasteiger partial charge in [-0.1, -0.05) is 36.4 Å². The highest BCUT2D eigenvalue weighted by atomic mass is 16.5. The highest BCUT2D eigenvalue weighted by molar-refractivity contribution is 5.87. The highest BCUT2D eigenvalue weighted by Gasteiger charge is 2.21. The predicted octanol–water partition coefficient (Wildman–Crippen LogP) is 1.92. The number of ether oxygens (including phenoxy) is 1. The fraction of sp³-hybridized carbons (Fsp3) is 0.130.